The van der Waals surface area contributed by atoms with E-state index in [-0.39, 0.29) is 0 Å². The third-order valence-electron chi connectivity index (χ3n) is 6.81. The fourth-order valence-corrected chi connectivity index (χ4v) is 5.38. The molecule has 0 spiro atoms. The van der Waals surface area contributed by atoms with Crippen LogP contribution in [0.2, 0.25) is 0 Å². The highest BCUT2D eigenvalue weighted by Gasteiger charge is 2.26. The Balaban J connectivity index is 0.000000704. The lowest BCUT2D eigenvalue weighted by atomic mass is 9.86. The Morgan fingerprint density at radius 1 is 0.605 bits per heavy atom. The van der Waals surface area contributed by atoms with Gasteiger partial charge in [-0.15, -0.1) is 0 Å². The minimum absolute atomic E-state index is 0.843. The predicted octanol–water partition coefficient (Wildman–Crippen LogP) is 11.5. The molecular formula is C36H32O2. The summed E-state index contributed by atoms with van der Waals surface area (Å²) in [5, 5.41) is 4.44. The van der Waals surface area contributed by atoms with Crippen molar-refractivity contribution in [2.24, 2.45) is 0 Å². The van der Waals surface area contributed by atoms with Gasteiger partial charge in [0.2, 0.25) is 0 Å². The Hall–Kier alpha value is -4.56. The van der Waals surface area contributed by atoms with Crippen LogP contribution in [0, 0.1) is 0 Å². The van der Waals surface area contributed by atoms with E-state index in [9.17, 15) is 0 Å². The zero-order valence-electron chi connectivity index (χ0n) is 22.5. The van der Waals surface area contributed by atoms with Crippen LogP contribution in [-0.2, 0) is 0 Å². The van der Waals surface area contributed by atoms with Gasteiger partial charge in [-0.3, -0.25) is 0 Å². The summed E-state index contributed by atoms with van der Waals surface area (Å²) in [6.07, 6.45) is 5.64. The molecule has 2 heteroatoms. The molecule has 5 aromatic rings. The monoisotopic (exact) mass is 496 g/mol. The average Bonchev–Trinajstić information content (AvgIpc) is 2.99. The maximum atomic E-state index is 6.50. The molecule has 0 aliphatic carbocycles. The Labute approximate surface area is 223 Å². The number of hydrogen-bond acceptors (Lipinski definition) is 2. The highest BCUT2D eigenvalue weighted by molar-refractivity contribution is 6.25. The van der Waals surface area contributed by atoms with E-state index in [0.29, 0.717) is 0 Å². The summed E-state index contributed by atoms with van der Waals surface area (Å²) in [7, 11) is 0. The van der Waals surface area contributed by atoms with Crippen LogP contribution in [0.15, 0.2) is 119 Å². The molecule has 7 rings (SSSR count). The van der Waals surface area contributed by atoms with Crippen molar-refractivity contribution in [2.75, 3.05) is 0 Å². The largest absolute Gasteiger partial charge is 0.456 e. The number of hydrogen-bond donors (Lipinski definition) is 0. The normalized spacial score (nSPS) is 11.5. The lowest BCUT2D eigenvalue weighted by molar-refractivity contribution is 0.646. The molecule has 2 nitrogen and oxygen atoms in total. The van der Waals surface area contributed by atoms with E-state index in [2.05, 4.69) is 79.9 Å². The van der Waals surface area contributed by atoms with Crippen LogP contribution in [0.5, 0.6) is 0 Å². The number of rotatable bonds is 4. The SMILES string of the molecule is C=C/C=C(\C=C)c1ccc2oc3ccc4c(-c5ccccc5)ccc5oc6ccc1c2c6-c3c54.CC.CC. The van der Waals surface area contributed by atoms with E-state index in [1.807, 2.05) is 52.0 Å². The maximum absolute atomic E-state index is 6.50. The minimum Gasteiger partial charge on any atom is -0.456 e. The molecule has 38 heavy (non-hydrogen) atoms. The summed E-state index contributed by atoms with van der Waals surface area (Å²) in [5.74, 6) is 0. The van der Waals surface area contributed by atoms with Gasteiger partial charge >= 0.3 is 0 Å². The van der Waals surface area contributed by atoms with Crippen molar-refractivity contribution >= 4 is 49.5 Å². The molecule has 5 aromatic carbocycles. The summed E-state index contributed by atoms with van der Waals surface area (Å²) < 4.78 is 13.0. The molecule has 0 unspecified atom stereocenters. The number of benzene rings is 5. The van der Waals surface area contributed by atoms with E-state index in [1.54, 1.807) is 6.08 Å². The molecule has 0 amide bonds. The Morgan fingerprint density at radius 3 is 1.76 bits per heavy atom. The molecule has 2 heterocycles. The van der Waals surface area contributed by atoms with Crippen LogP contribution in [0.1, 0.15) is 33.3 Å². The first-order chi connectivity index (χ1) is 18.8. The fraction of sp³-hybridized carbons (Fsp3) is 0.111. The first kappa shape index (κ1) is 25.1. The molecule has 0 radical (unpaired) electrons. The highest BCUT2D eigenvalue weighted by Crippen LogP contribution is 2.50. The van der Waals surface area contributed by atoms with Crippen molar-refractivity contribution in [1.29, 1.82) is 0 Å². The lowest BCUT2D eigenvalue weighted by Crippen LogP contribution is -1.96. The second-order valence-electron chi connectivity index (χ2n) is 8.58. The molecule has 0 saturated carbocycles. The van der Waals surface area contributed by atoms with Crippen LogP contribution >= 0.6 is 0 Å². The Morgan fingerprint density at radius 2 is 1.16 bits per heavy atom. The topological polar surface area (TPSA) is 26.3 Å². The smallest absolute Gasteiger partial charge is 0.136 e. The summed E-state index contributed by atoms with van der Waals surface area (Å²) >= 11 is 0. The van der Waals surface area contributed by atoms with Gasteiger partial charge in [0.15, 0.2) is 0 Å². The van der Waals surface area contributed by atoms with Gasteiger partial charge in [-0.25, -0.2) is 0 Å². The van der Waals surface area contributed by atoms with Crippen LogP contribution in [-0.4, -0.2) is 0 Å². The zero-order chi connectivity index (χ0) is 26.8. The predicted molar refractivity (Wildman–Crippen MR) is 165 cm³/mol. The molecule has 0 saturated heterocycles. The summed E-state index contributed by atoms with van der Waals surface area (Å²) in [4.78, 5) is 0. The Bertz CT molecular complexity index is 1880. The highest BCUT2D eigenvalue weighted by atomic mass is 16.3. The van der Waals surface area contributed by atoms with E-state index in [4.69, 9.17) is 8.83 Å². The molecule has 2 aliphatic rings. The van der Waals surface area contributed by atoms with Crippen molar-refractivity contribution in [1.82, 2.24) is 0 Å². The third kappa shape index (κ3) is 3.72. The van der Waals surface area contributed by atoms with Crippen LogP contribution < -0.4 is 0 Å². The lowest BCUT2D eigenvalue weighted by Gasteiger charge is -2.21. The number of allylic oxidation sites excluding steroid dienone is 4. The standard InChI is InChI=1S/C32H20O2.2C2H6/c1-3-8-19(4-2)21-11-15-25-29-23(21)13-17-27-31(29)32-28(33-25)18-14-24-22(20-9-6-5-7-10-20)12-16-26(34-27)30(24)32;2*1-2/h3-18H,1-2H2;2*1-2H3/b19-8+;;. The molecule has 0 fully saturated rings. The molecule has 0 N–H and O–H groups in total. The van der Waals surface area contributed by atoms with E-state index < -0.39 is 0 Å². The molecular weight excluding hydrogens is 464 g/mol. The van der Waals surface area contributed by atoms with Crippen molar-refractivity contribution < 1.29 is 8.83 Å². The maximum Gasteiger partial charge on any atom is 0.136 e. The van der Waals surface area contributed by atoms with Gasteiger partial charge in [0, 0.05) is 21.9 Å². The van der Waals surface area contributed by atoms with E-state index >= 15 is 0 Å². The van der Waals surface area contributed by atoms with Crippen molar-refractivity contribution in [3.05, 3.63) is 116 Å². The molecule has 188 valence electrons. The van der Waals surface area contributed by atoms with Gasteiger partial charge in [0.1, 0.15) is 22.3 Å². The van der Waals surface area contributed by atoms with Gasteiger partial charge in [-0.1, -0.05) is 102 Å². The van der Waals surface area contributed by atoms with Crippen LogP contribution in [0.4, 0.5) is 0 Å². The quantitative estimate of drug-likeness (QED) is 0.138. The minimum atomic E-state index is 0.843. The van der Waals surface area contributed by atoms with Gasteiger partial charge in [-0.05, 0) is 69.4 Å². The van der Waals surface area contributed by atoms with Gasteiger partial charge in [-0.2, -0.15) is 0 Å². The fourth-order valence-electron chi connectivity index (χ4n) is 5.38. The molecule has 0 bridgehead atoms. The second kappa shape index (κ2) is 10.4. The van der Waals surface area contributed by atoms with Crippen LogP contribution in [0.3, 0.4) is 0 Å². The second-order valence-corrected chi connectivity index (χ2v) is 8.58. The first-order valence-corrected chi connectivity index (χ1v) is 13.3. The van der Waals surface area contributed by atoms with Gasteiger partial charge in [0.25, 0.3) is 0 Å². The summed E-state index contributed by atoms with van der Waals surface area (Å²) in [5.41, 5.74) is 10.1. The summed E-state index contributed by atoms with van der Waals surface area (Å²) in [6.45, 7) is 15.9. The summed E-state index contributed by atoms with van der Waals surface area (Å²) in [6, 6.07) is 27.3. The van der Waals surface area contributed by atoms with E-state index in [0.717, 1.165) is 66.1 Å². The van der Waals surface area contributed by atoms with Crippen LogP contribution in [0.25, 0.3) is 71.7 Å². The van der Waals surface area contributed by atoms with E-state index in [1.165, 1.54) is 11.1 Å². The average molecular weight is 497 g/mol. The van der Waals surface area contributed by atoms with Crippen molar-refractivity contribution in [3.63, 3.8) is 0 Å². The first-order valence-electron chi connectivity index (χ1n) is 13.3. The van der Waals surface area contributed by atoms with Gasteiger partial charge in [0.05, 0.1) is 0 Å². The van der Waals surface area contributed by atoms with Crippen molar-refractivity contribution in [3.8, 4) is 22.3 Å². The Kier molecular flexibility index (Phi) is 6.89. The molecule has 2 aliphatic heterocycles. The van der Waals surface area contributed by atoms with Crippen molar-refractivity contribution in [2.45, 2.75) is 27.7 Å². The van der Waals surface area contributed by atoms with Gasteiger partial charge < -0.3 is 8.83 Å². The zero-order valence-corrected chi connectivity index (χ0v) is 22.5. The molecule has 0 atom stereocenters. The third-order valence-corrected chi connectivity index (χ3v) is 6.81. The molecule has 0 aromatic heterocycles.